The SMILES string of the molecule is CCCNCC1CC(C2=CC=C3CC(=C2)CCO3)CN1CC=O. The summed E-state index contributed by atoms with van der Waals surface area (Å²) in [5, 5.41) is 3.51. The number of likely N-dealkylation sites (tertiary alicyclic amines) is 1. The molecule has 23 heavy (non-hydrogen) atoms. The third kappa shape index (κ3) is 4.12. The summed E-state index contributed by atoms with van der Waals surface area (Å²) in [6, 6.07) is 0.461. The fourth-order valence-corrected chi connectivity index (χ4v) is 3.84. The number of nitrogens with zero attached hydrogens (tertiary/aromatic N) is 1. The fourth-order valence-electron chi connectivity index (χ4n) is 3.84. The number of carbonyl (C=O) groups is 1. The van der Waals surface area contributed by atoms with Crippen LogP contribution < -0.4 is 5.32 Å². The van der Waals surface area contributed by atoms with Gasteiger partial charge in [0, 0.05) is 32.0 Å². The number of ether oxygens (including phenoxy) is 1. The molecular formula is C19H28N2O2. The van der Waals surface area contributed by atoms with E-state index in [9.17, 15) is 4.79 Å². The predicted molar refractivity (Wildman–Crippen MR) is 92.1 cm³/mol. The van der Waals surface area contributed by atoms with E-state index in [1.54, 1.807) is 0 Å². The Morgan fingerprint density at radius 3 is 3.17 bits per heavy atom. The normalized spacial score (nSPS) is 27.6. The van der Waals surface area contributed by atoms with E-state index in [2.05, 4.69) is 35.4 Å². The van der Waals surface area contributed by atoms with Gasteiger partial charge in [0.25, 0.3) is 0 Å². The van der Waals surface area contributed by atoms with Gasteiger partial charge in [-0.3, -0.25) is 4.90 Å². The van der Waals surface area contributed by atoms with Crippen molar-refractivity contribution in [2.24, 2.45) is 5.92 Å². The highest BCUT2D eigenvalue weighted by Crippen LogP contribution is 2.34. The van der Waals surface area contributed by atoms with Crippen molar-refractivity contribution in [3.63, 3.8) is 0 Å². The number of rotatable bonds is 7. The topological polar surface area (TPSA) is 41.6 Å². The summed E-state index contributed by atoms with van der Waals surface area (Å²) in [5.74, 6) is 1.62. The van der Waals surface area contributed by atoms with Crippen LogP contribution in [0.3, 0.4) is 0 Å². The molecule has 4 heteroatoms. The Bertz CT molecular complexity index is 521. The Morgan fingerprint density at radius 1 is 1.43 bits per heavy atom. The Kier molecular flexibility index (Phi) is 5.68. The number of allylic oxidation sites excluding steroid dienone is 4. The molecule has 2 heterocycles. The number of fused-ring (bicyclic) bond motifs is 2. The summed E-state index contributed by atoms with van der Waals surface area (Å²) in [7, 11) is 0. The van der Waals surface area contributed by atoms with Crippen molar-refractivity contribution in [2.45, 2.75) is 38.6 Å². The van der Waals surface area contributed by atoms with Crippen LogP contribution in [0.1, 0.15) is 32.6 Å². The van der Waals surface area contributed by atoms with Crippen LogP contribution in [0, 0.1) is 5.92 Å². The fraction of sp³-hybridized carbons (Fsp3) is 0.632. The van der Waals surface area contributed by atoms with Gasteiger partial charge < -0.3 is 14.8 Å². The van der Waals surface area contributed by atoms with Gasteiger partial charge in [0.05, 0.1) is 18.9 Å². The van der Waals surface area contributed by atoms with Crippen LogP contribution >= 0.6 is 0 Å². The molecule has 2 unspecified atom stereocenters. The summed E-state index contributed by atoms with van der Waals surface area (Å²) >= 11 is 0. The van der Waals surface area contributed by atoms with Gasteiger partial charge in [-0.25, -0.2) is 0 Å². The van der Waals surface area contributed by atoms with Crippen molar-refractivity contribution in [1.29, 1.82) is 0 Å². The molecule has 2 aliphatic heterocycles. The molecule has 0 radical (unpaired) electrons. The summed E-state index contributed by atoms with van der Waals surface area (Å²) in [4.78, 5) is 13.3. The zero-order chi connectivity index (χ0) is 16.1. The van der Waals surface area contributed by atoms with Gasteiger partial charge in [-0.15, -0.1) is 0 Å². The number of hydrogen-bond acceptors (Lipinski definition) is 4. The highest BCUT2D eigenvalue weighted by molar-refractivity contribution is 5.52. The molecule has 0 saturated carbocycles. The number of nitrogens with one attached hydrogen (secondary N) is 1. The second kappa shape index (κ2) is 7.93. The molecule has 3 aliphatic rings. The molecule has 2 bridgehead atoms. The first kappa shape index (κ1) is 16.5. The molecule has 3 rings (SSSR count). The number of carbonyl (C=O) groups excluding carboxylic acids is 1. The maximum Gasteiger partial charge on any atom is 0.133 e. The Hall–Kier alpha value is -1.39. The number of aldehydes is 1. The lowest BCUT2D eigenvalue weighted by Crippen LogP contribution is -2.39. The molecule has 126 valence electrons. The molecule has 4 nitrogen and oxygen atoms in total. The standard InChI is InChI=1S/C19H28N2O2/c1-2-6-20-13-18-12-17(14-21(18)7-8-22)16-3-4-19-11-15(10-16)5-9-23-19/h3-4,8,10,17-18,20H,2,5-7,9,11-14H2,1H3. The third-order valence-corrected chi connectivity index (χ3v) is 5.06. The van der Waals surface area contributed by atoms with E-state index in [-0.39, 0.29) is 0 Å². The lowest BCUT2D eigenvalue weighted by Gasteiger charge is -2.22. The summed E-state index contributed by atoms with van der Waals surface area (Å²) in [5.41, 5.74) is 2.90. The Morgan fingerprint density at radius 2 is 2.35 bits per heavy atom. The van der Waals surface area contributed by atoms with E-state index in [1.807, 2.05) is 0 Å². The molecule has 0 amide bonds. The molecule has 1 aliphatic carbocycles. The second-order valence-electron chi connectivity index (χ2n) is 6.79. The zero-order valence-corrected chi connectivity index (χ0v) is 14.1. The van der Waals surface area contributed by atoms with Crippen molar-refractivity contribution in [3.05, 3.63) is 35.1 Å². The molecule has 2 saturated heterocycles. The van der Waals surface area contributed by atoms with Crippen LogP contribution in [-0.2, 0) is 9.53 Å². The van der Waals surface area contributed by atoms with Crippen LogP contribution in [0.4, 0.5) is 0 Å². The summed E-state index contributed by atoms with van der Waals surface area (Å²) in [6.45, 7) is 6.55. The largest absolute Gasteiger partial charge is 0.497 e. The van der Waals surface area contributed by atoms with E-state index in [1.165, 1.54) is 11.1 Å². The second-order valence-corrected chi connectivity index (χ2v) is 6.79. The predicted octanol–water partition coefficient (Wildman–Crippen LogP) is 2.44. The van der Waals surface area contributed by atoms with E-state index in [0.717, 1.165) is 64.0 Å². The van der Waals surface area contributed by atoms with E-state index in [0.29, 0.717) is 18.5 Å². The molecule has 0 aromatic heterocycles. The molecular weight excluding hydrogens is 288 g/mol. The average molecular weight is 316 g/mol. The minimum absolute atomic E-state index is 0.461. The molecule has 1 N–H and O–H groups in total. The first-order valence-electron chi connectivity index (χ1n) is 8.91. The molecule has 0 spiro atoms. The van der Waals surface area contributed by atoms with Crippen LogP contribution in [0.2, 0.25) is 0 Å². The van der Waals surface area contributed by atoms with Gasteiger partial charge in [0.2, 0.25) is 0 Å². The summed E-state index contributed by atoms with van der Waals surface area (Å²) < 4.78 is 5.69. The Labute approximate surface area is 139 Å². The van der Waals surface area contributed by atoms with Crippen LogP contribution in [-0.4, -0.2) is 50.0 Å². The Balaban J connectivity index is 1.69. The van der Waals surface area contributed by atoms with Gasteiger partial charge in [-0.1, -0.05) is 24.6 Å². The monoisotopic (exact) mass is 316 g/mol. The minimum Gasteiger partial charge on any atom is -0.497 e. The smallest absolute Gasteiger partial charge is 0.133 e. The van der Waals surface area contributed by atoms with Crippen molar-refractivity contribution < 1.29 is 9.53 Å². The van der Waals surface area contributed by atoms with Crippen molar-refractivity contribution in [2.75, 3.05) is 32.8 Å². The first-order chi connectivity index (χ1) is 11.3. The average Bonchev–Trinajstić information content (AvgIpc) is 2.88. The highest BCUT2D eigenvalue weighted by atomic mass is 16.5. The molecule has 0 aromatic rings. The maximum absolute atomic E-state index is 11.0. The third-order valence-electron chi connectivity index (χ3n) is 5.06. The first-order valence-corrected chi connectivity index (χ1v) is 8.91. The molecule has 0 aromatic carbocycles. The van der Waals surface area contributed by atoms with Crippen molar-refractivity contribution >= 4 is 6.29 Å². The van der Waals surface area contributed by atoms with E-state index >= 15 is 0 Å². The van der Waals surface area contributed by atoms with Gasteiger partial charge in [-0.05, 0) is 37.0 Å². The van der Waals surface area contributed by atoms with Crippen molar-refractivity contribution in [1.82, 2.24) is 10.2 Å². The van der Waals surface area contributed by atoms with Crippen molar-refractivity contribution in [3.8, 4) is 0 Å². The lowest BCUT2D eigenvalue weighted by molar-refractivity contribution is -0.109. The summed E-state index contributed by atoms with van der Waals surface area (Å²) in [6.07, 6.45) is 12.1. The van der Waals surface area contributed by atoms with Crippen LogP contribution in [0.15, 0.2) is 35.1 Å². The number of hydrogen-bond donors (Lipinski definition) is 1. The zero-order valence-electron chi connectivity index (χ0n) is 14.1. The lowest BCUT2D eigenvalue weighted by atomic mass is 9.93. The molecule has 2 atom stereocenters. The quantitative estimate of drug-likeness (QED) is 0.578. The van der Waals surface area contributed by atoms with Crippen LogP contribution in [0.5, 0.6) is 0 Å². The van der Waals surface area contributed by atoms with Crippen LogP contribution in [0.25, 0.3) is 0 Å². The van der Waals surface area contributed by atoms with Gasteiger partial charge in [0.1, 0.15) is 6.29 Å². The minimum atomic E-state index is 0.461. The van der Waals surface area contributed by atoms with E-state index in [4.69, 9.17) is 4.74 Å². The van der Waals surface area contributed by atoms with Gasteiger partial charge >= 0.3 is 0 Å². The highest BCUT2D eigenvalue weighted by Gasteiger charge is 2.33. The van der Waals surface area contributed by atoms with E-state index < -0.39 is 0 Å². The maximum atomic E-state index is 11.0. The van der Waals surface area contributed by atoms with Gasteiger partial charge in [0.15, 0.2) is 0 Å². The molecule has 2 fully saturated rings. The van der Waals surface area contributed by atoms with Gasteiger partial charge in [-0.2, -0.15) is 0 Å².